The number of nitrogens with one attached hydrogen (secondary N) is 1. The summed E-state index contributed by atoms with van der Waals surface area (Å²) in [4.78, 5) is 12.2. The molecule has 5 nitrogen and oxygen atoms in total. The van der Waals surface area contributed by atoms with Gasteiger partial charge < -0.3 is 0 Å². The fourth-order valence-electron chi connectivity index (χ4n) is 2.77. The quantitative estimate of drug-likeness (QED) is 0.530. The molecule has 0 saturated heterocycles. The van der Waals surface area contributed by atoms with Gasteiger partial charge in [-0.1, -0.05) is 55.1 Å². The number of halogens is 1. The van der Waals surface area contributed by atoms with Crippen LogP contribution in [0.1, 0.15) is 18.1 Å². The van der Waals surface area contributed by atoms with Crippen LogP contribution in [0, 0.1) is 5.82 Å². The molecule has 0 bridgehead atoms. The van der Waals surface area contributed by atoms with Gasteiger partial charge in [0.1, 0.15) is 11.3 Å². The van der Waals surface area contributed by atoms with E-state index in [1.165, 1.54) is 29.5 Å². The molecule has 0 spiro atoms. The van der Waals surface area contributed by atoms with Gasteiger partial charge in [-0.05, 0) is 35.7 Å². The second-order valence-corrected chi connectivity index (χ2v) is 7.07. The van der Waals surface area contributed by atoms with Gasteiger partial charge in [-0.2, -0.15) is 5.10 Å². The van der Waals surface area contributed by atoms with Crippen LogP contribution >= 0.6 is 11.8 Å². The van der Waals surface area contributed by atoms with Crippen LogP contribution in [-0.4, -0.2) is 19.8 Å². The minimum atomic E-state index is -0.287. The summed E-state index contributed by atoms with van der Waals surface area (Å²) >= 11 is 1.43. The lowest BCUT2D eigenvalue weighted by molar-refractivity contribution is 0.627. The van der Waals surface area contributed by atoms with Crippen molar-refractivity contribution in [1.29, 1.82) is 0 Å². The van der Waals surface area contributed by atoms with E-state index < -0.39 is 0 Å². The van der Waals surface area contributed by atoms with E-state index >= 15 is 0 Å². The smallest absolute Gasteiger partial charge is 0.266 e. The van der Waals surface area contributed by atoms with Crippen molar-refractivity contribution in [3.63, 3.8) is 0 Å². The minimum Gasteiger partial charge on any atom is -0.266 e. The molecule has 0 radical (unpaired) electrons. The Hall–Kier alpha value is -2.93. The molecule has 0 amide bonds. The van der Waals surface area contributed by atoms with Crippen LogP contribution in [0.25, 0.3) is 16.8 Å². The van der Waals surface area contributed by atoms with E-state index in [9.17, 15) is 9.18 Å². The van der Waals surface area contributed by atoms with Gasteiger partial charge in [-0.15, -0.1) is 5.10 Å². The Morgan fingerprint density at radius 2 is 1.78 bits per heavy atom. The lowest BCUT2D eigenvalue weighted by atomic mass is 10.1. The molecule has 136 valence electrons. The average Bonchev–Trinajstić information content (AvgIpc) is 3.15. The van der Waals surface area contributed by atoms with Gasteiger partial charge >= 0.3 is 0 Å². The average molecular weight is 380 g/mol. The van der Waals surface area contributed by atoms with Crippen molar-refractivity contribution < 1.29 is 4.39 Å². The van der Waals surface area contributed by atoms with Crippen LogP contribution in [0.4, 0.5) is 4.39 Å². The van der Waals surface area contributed by atoms with E-state index in [4.69, 9.17) is 0 Å². The molecule has 2 aromatic carbocycles. The molecule has 0 aliphatic rings. The third kappa shape index (κ3) is 3.64. The first-order valence-corrected chi connectivity index (χ1v) is 9.57. The summed E-state index contributed by atoms with van der Waals surface area (Å²) in [6, 6.07) is 16.2. The maximum Gasteiger partial charge on any atom is 0.290 e. The van der Waals surface area contributed by atoms with E-state index in [-0.39, 0.29) is 11.4 Å². The standard InChI is InChI=1S/C20H17FN4OS/c1-2-13-3-7-15(8-4-13)17-11-18-19(26)22-23-20(25(18)24-17)27-12-14-5-9-16(21)10-6-14/h3-11H,2,12H2,1H3,(H,22,26). The van der Waals surface area contributed by atoms with E-state index in [1.807, 2.05) is 12.1 Å². The van der Waals surface area contributed by atoms with Gasteiger partial charge in [0.05, 0.1) is 5.69 Å². The number of H-pyrrole nitrogens is 1. The number of aromatic amines is 1. The Morgan fingerprint density at radius 3 is 2.48 bits per heavy atom. The van der Waals surface area contributed by atoms with Crippen LogP contribution in [0.2, 0.25) is 0 Å². The molecule has 0 saturated carbocycles. The summed E-state index contributed by atoms with van der Waals surface area (Å²) < 4.78 is 14.6. The Morgan fingerprint density at radius 1 is 1.07 bits per heavy atom. The van der Waals surface area contributed by atoms with Crippen LogP contribution < -0.4 is 5.56 Å². The van der Waals surface area contributed by atoms with Gasteiger partial charge in [-0.25, -0.2) is 14.0 Å². The Kier molecular flexibility index (Phi) is 4.77. The van der Waals surface area contributed by atoms with Crippen molar-refractivity contribution >= 4 is 17.3 Å². The van der Waals surface area contributed by atoms with E-state index in [2.05, 4.69) is 34.4 Å². The van der Waals surface area contributed by atoms with Gasteiger partial charge in [0.15, 0.2) is 0 Å². The number of nitrogens with zero attached hydrogens (tertiary/aromatic N) is 3. The summed E-state index contributed by atoms with van der Waals surface area (Å²) in [5.74, 6) is 0.327. The van der Waals surface area contributed by atoms with Crippen molar-refractivity contribution in [2.45, 2.75) is 24.3 Å². The highest BCUT2D eigenvalue weighted by molar-refractivity contribution is 7.98. The van der Waals surface area contributed by atoms with Crippen molar-refractivity contribution in [1.82, 2.24) is 19.8 Å². The van der Waals surface area contributed by atoms with Gasteiger partial charge in [0.25, 0.3) is 5.56 Å². The highest BCUT2D eigenvalue weighted by Crippen LogP contribution is 2.24. The monoisotopic (exact) mass is 380 g/mol. The summed E-state index contributed by atoms with van der Waals surface area (Å²) in [5, 5.41) is 11.8. The van der Waals surface area contributed by atoms with Crippen molar-refractivity contribution in [2.75, 3.05) is 0 Å². The SMILES string of the molecule is CCc1ccc(-c2cc3c(=O)[nH]nc(SCc4ccc(F)cc4)n3n2)cc1. The van der Waals surface area contributed by atoms with Crippen LogP contribution in [0.5, 0.6) is 0 Å². The molecule has 4 rings (SSSR count). The number of fused-ring (bicyclic) bond motifs is 1. The second kappa shape index (κ2) is 7.36. The molecule has 0 aliphatic carbocycles. The number of benzene rings is 2. The Labute approximate surface area is 159 Å². The summed E-state index contributed by atoms with van der Waals surface area (Å²) in [6.07, 6.45) is 0.971. The maximum absolute atomic E-state index is 13.0. The molecular formula is C20H17FN4OS. The highest BCUT2D eigenvalue weighted by atomic mass is 32.2. The molecular weight excluding hydrogens is 363 g/mol. The lowest BCUT2D eigenvalue weighted by Gasteiger charge is -2.03. The zero-order valence-corrected chi connectivity index (χ0v) is 15.5. The number of thioether (sulfide) groups is 1. The molecule has 4 aromatic rings. The second-order valence-electron chi connectivity index (χ2n) is 6.13. The van der Waals surface area contributed by atoms with E-state index in [1.54, 1.807) is 22.7 Å². The normalized spacial score (nSPS) is 11.2. The molecule has 0 aliphatic heterocycles. The lowest BCUT2D eigenvalue weighted by Crippen LogP contribution is -2.13. The number of hydrogen-bond acceptors (Lipinski definition) is 4. The van der Waals surface area contributed by atoms with E-state index in [0.29, 0.717) is 16.4 Å². The first-order chi connectivity index (χ1) is 13.1. The molecule has 0 unspecified atom stereocenters. The zero-order chi connectivity index (χ0) is 18.8. The molecule has 0 atom stereocenters. The van der Waals surface area contributed by atoms with E-state index in [0.717, 1.165) is 23.2 Å². The Bertz CT molecular complexity index is 1130. The fourth-order valence-corrected chi connectivity index (χ4v) is 3.63. The molecule has 7 heteroatoms. The van der Waals surface area contributed by atoms with Gasteiger partial charge in [-0.3, -0.25) is 4.79 Å². The van der Waals surface area contributed by atoms with Crippen LogP contribution in [0.15, 0.2) is 64.5 Å². The largest absolute Gasteiger partial charge is 0.290 e. The number of aromatic nitrogens is 4. The summed E-state index contributed by atoms with van der Waals surface area (Å²) in [6.45, 7) is 2.11. The molecule has 0 fully saturated rings. The topological polar surface area (TPSA) is 63.0 Å². The van der Waals surface area contributed by atoms with Gasteiger partial charge in [0, 0.05) is 11.3 Å². The summed E-state index contributed by atoms with van der Waals surface area (Å²) in [5.41, 5.74) is 4.04. The highest BCUT2D eigenvalue weighted by Gasteiger charge is 2.12. The third-order valence-electron chi connectivity index (χ3n) is 4.32. The first kappa shape index (κ1) is 17.5. The Balaban J connectivity index is 1.67. The summed E-state index contributed by atoms with van der Waals surface area (Å²) in [7, 11) is 0. The third-order valence-corrected chi connectivity index (χ3v) is 5.32. The first-order valence-electron chi connectivity index (χ1n) is 8.59. The van der Waals surface area contributed by atoms with Crippen molar-refractivity contribution in [3.8, 4) is 11.3 Å². The predicted octanol–water partition coefficient (Wildman–Crippen LogP) is 4.08. The maximum atomic E-state index is 13.0. The molecule has 27 heavy (non-hydrogen) atoms. The molecule has 2 aromatic heterocycles. The number of aryl methyl sites for hydroxylation is 1. The minimum absolute atomic E-state index is 0.265. The van der Waals surface area contributed by atoms with Gasteiger partial charge in [0.2, 0.25) is 5.16 Å². The van der Waals surface area contributed by atoms with Crippen molar-refractivity contribution in [3.05, 3.63) is 81.9 Å². The van der Waals surface area contributed by atoms with Crippen LogP contribution in [-0.2, 0) is 12.2 Å². The predicted molar refractivity (Wildman–Crippen MR) is 104 cm³/mol. The number of hydrogen-bond donors (Lipinski definition) is 1. The fraction of sp³-hybridized carbons (Fsp3) is 0.150. The zero-order valence-electron chi connectivity index (χ0n) is 14.6. The molecule has 1 N–H and O–H groups in total. The van der Waals surface area contributed by atoms with Crippen LogP contribution in [0.3, 0.4) is 0 Å². The molecule has 2 heterocycles. The number of rotatable bonds is 5. The van der Waals surface area contributed by atoms with Crippen molar-refractivity contribution in [2.24, 2.45) is 0 Å².